The van der Waals surface area contributed by atoms with Crippen molar-refractivity contribution in [3.63, 3.8) is 0 Å². The van der Waals surface area contributed by atoms with E-state index in [4.69, 9.17) is 0 Å². The lowest BCUT2D eigenvalue weighted by atomic mass is 9.87. The molecule has 0 saturated carbocycles. The zero-order valence-electron chi connectivity index (χ0n) is 13.0. The SMILES string of the molecule is CC(C)(C)c1ccc(NC(=O)NCc2ncccc2F)cc1. The fraction of sp³-hybridized carbons (Fsp3) is 0.294. The number of nitrogens with one attached hydrogen (secondary N) is 2. The van der Waals surface area contributed by atoms with E-state index in [0.717, 1.165) is 0 Å². The van der Waals surface area contributed by atoms with E-state index in [1.807, 2.05) is 24.3 Å². The molecule has 1 aromatic heterocycles. The Bertz CT molecular complexity index is 648. The zero-order valence-corrected chi connectivity index (χ0v) is 13.0. The molecule has 22 heavy (non-hydrogen) atoms. The number of amides is 2. The van der Waals surface area contributed by atoms with Crippen LogP contribution in [0.15, 0.2) is 42.6 Å². The minimum Gasteiger partial charge on any atom is -0.332 e. The van der Waals surface area contributed by atoms with Gasteiger partial charge in [0, 0.05) is 11.9 Å². The van der Waals surface area contributed by atoms with Crippen LogP contribution in [0, 0.1) is 5.82 Å². The van der Waals surface area contributed by atoms with E-state index in [9.17, 15) is 9.18 Å². The first-order valence-electron chi connectivity index (χ1n) is 7.11. The van der Waals surface area contributed by atoms with Crippen LogP contribution in [0.3, 0.4) is 0 Å². The van der Waals surface area contributed by atoms with Crippen LogP contribution >= 0.6 is 0 Å². The van der Waals surface area contributed by atoms with Crippen molar-refractivity contribution < 1.29 is 9.18 Å². The second kappa shape index (κ2) is 6.56. The molecule has 0 aliphatic heterocycles. The number of anilines is 1. The van der Waals surface area contributed by atoms with Gasteiger partial charge in [0.15, 0.2) is 0 Å². The van der Waals surface area contributed by atoms with Gasteiger partial charge in [-0.1, -0.05) is 32.9 Å². The van der Waals surface area contributed by atoms with Crippen molar-refractivity contribution in [2.75, 3.05) is 5.32 Å². The second-order valence-electron chi connectivity index (χ2n) is 6.07. The third kappa shape index (κ3) is 4.28. The van der Waals surface area contributed by atoms with Crippen molar-refractivity contribution >= 4 is 11.7 Å². The minimum atomic E-state index is -0.433. The van der Waals surface area contributed by atoms with Crippen LogP contribution in [-0.2, 0) is 12.0 Å². The molecule has 0 bridgehead atoms. The number of benzene rings is 1. The molecule has 0 aliphatic carbocycles. The van der Waals surface area contributed by atoms with Crippen LogP contribution in [0.1, 0.15) is 32.0 Å². The lowest BCUT2D eigenvalue weighted by Crippen LogP contribution is -2.29. The topological polar surface area (TPSA) is 54.0 Å². The Kier molecular flexibility index (Phi) is 4.75. The number of carbonyl (C=O) groups is 1. The normalized spacial score (nSPS) is 11.1. The van der Waals surface area contributed by atoms with E-state index >= 15 is 0 Å². The maximum Gasteiger partial charge on any atom is 0.319 e. The van der Waals surface area contributed by atoms with Crippen LogP contribution in [0.4, 0.5) is 14.9 Å². The average Bonchev–Trinajstić information content (AvgIpc) is 2.46. The van der Waals surface area contributed by atoms with E-state index in [1.54, 1.807) is 0 Å². The summed E-state index contributed by atoms with van der Waals surface area (Å²) in [4.78, 5) is 15.7. The van der Waals surface area contributed by atoms with E-state index in [2.05, 4.69) is 36.4 Å². The van der Waals surface area contributed by atoms with Gasteiger partial charge in [-0.15, -0.1) is 0 Å². The maximum absolute atomic E-state index is 13.4. The highest BCUT2D eigenvalue weighted by Crippen LogP contribution is 2.23. The molecule has 2 aromatic rings. The Labute approximate surface area is 129 Å². The largest absolute Gasteiger partial charge is 0.332 e. The summed E-state index contributed by atoms with van der Waals surface area (Å²) in [6.07, 6.45) is 1.49. The Hall–Kier alpha value is -2.43. The van der Waals surface area contributed by atoms with E-state index < -0.39 is 11.8 Å². The quantitative estimate of drug-likeness (QED) is 0.905. The molecule has 0 radical (unpaired) electrons. The first kappa shape index (κ1) is 15.9. The predicted molar refractivity (Wildman–Crippen MR) is 85.2 cm³/mol. The molecule has 0 aliphatic rings. The van der Waals surface area contributed by atoms with Crippen molar-refractivity contribution in [3.8, 4) is 0 Å². The molecular weight excluding hydrogens is 281 g/mol. The third-order valence-corrected chi connectivity index (χ3v) is 3.26. The average molecular weight is 301 g/mol. The molecule has 2 N–H and O–H groups in total. The highest BCUT2D eigenvalue weighted by Gasteiger charge is 2.13. The van der Waals surface area contributed by atoms with Crippen LogP contribution in [0.2, 0.25) is 0 Å². The van der Waals surface area contributed by atoms with Crippen molar-refractivity contribution in [2.45, 2.75) is 32.7 Å². The van der Waals surface area contributed by atoms with Crippen LogP contribution in [0.5, 0.6) is 0 Å². The minimum absolute atomic E-state index is 0.0403. The summed E-state index contributed by atoms with van der Waals surface area (Å²) in [5.41, 5.74) is 2.15. The number of hydrogen-bond acceptors (Lipinski definition) is 2. The van der Waals surface area contributed by atoms with E-state index in [0.29, 0.717) is 5.69 Å². The summed E-state index contributed by atoms with van der Waals surface area (Å²) in [7, 11) is 0. The Balaban J connectivity index is 1.91. The number of hydrogen-bond donors (Lipinski definition) is 2. The molecule has 5 heteroatoms. The van der Waals surface area contributed by atoms with Gasteiger partial charge in [-0.25, -0.2) is 9.18 Å². The molecule has 2 amide bonds. The Morgan fingerprint density at radius 2 is 1.86 bits per heavy atom. The van der Waals surface area contributed by atoms with Gasteiger partial charge in [0.05, 0.1) is 12.2 Å². The Morgan fingerprint density at radius 1 is 1.18 bits per heavy atom. The summed E-state index contributed by atoms with van der Waals surface area (Å²) in [6.45, 7) is 6.43. The number of pyridine rings is 1. The van der Waals surface area contributed by atoms with Crippen LogP contribution in [-0.4, -0.2) is 11.0 Å². The van der Waals surface area contributed by atoms with E-state index in [1.165, 1.54) is 23.9 Å². The van der Waals surface area contributed by atoms with Crippen molar-refractivity contribution in [2.24, 2.45) is 0 Å². The van der Waals surface area contributed by atoms with E-state index in [-0.39, 0.29) is 17.7 Å². The number of nitrogens with zero attached hydrogens (tertiary/aromatic N) is 1. The number of urea groups is 1. The zero-order chi connectivity index (χ0) is 16.2. The number of carbonyl (C=O) groups excluding carboxylic acids is 1. The van der Waals surface area contributed by atoms with Gasteiger partial charge in [-0.2, -0.15) is 0 Å². The first-order chi connectivity index (χ1) is 10.4. The fourth-order valence-corrected chi connectivity index (χ4v) is 1.94. The monoisotopic (exact) mass is 301 g/mol. The summed E-state index contributed by atoms with van der Waals surface area (Å²) < 4.78 is 13.4. The summed E-state index contributed by atoms with van der Waals surface area (Å²) >= 11 is 0. The molecular formula is C17H20FN3O. The Morgan fingerprint density at radius 3 is 2.45 bits per heavy atom. The van der Waals surface area contributed by atoms with Crippen LogP contribution < -0.4 is 10.6 Å². The van der Waals surface area contributed by atoms with Gasteiger partial charge in [0.25, 0.3) is 0 Å². The molecule has 0 saturated heterocycles. The summed E-state index contributed by atoms with van der Waals surface area (Å²) in [5.74, 6) is -0.433. The molecule has 116 valence electrons. The molecule has 0 spiro atoms. The predicted octanol–water partition coefficient (Wildman–Crippen LogP) is 3.84. The molecule has 0 fully saturated rings. The van der Waals surface area contributed by atoms with Gasteiger partial charge in [0.1, 0.15) is 5.82 Å². The summed E-state index contributed by atoms with van der Waals surface area (Å²) in [6, 6.07) is 10.1. The van der Waals surface area contributed by atoms with Gasteiger partial charge < -0.3 is 10.6 Å². The standard InChI is InChI=1S/C17H20FN3O/c1-17(2,3)12-6-8-13(9-7-12)21-16(22)20-11-15-14(18)5-4-10-19-15/h4-10H,11H2,1-3H3,(H2,20,21,22). The van der Waals surface area contributed by atoms with Gasteiger partial charge >= 0.3 is 6.03 Å². The smallest absolute Gasteiger partial charge is 0.319 e. The highest BCUT2D eigenvalue weighted by molar-refractivity contribution is 5.89. The molecule has 1 aromatic carbocycles. The number of halogens is 1. The lowest BCUT2D eigenvalue weighted by Gasteiger charge is -2.19. The fourth-order valence-electron chi connectivity index (χ4n) is 1.94. The number of rotatable bonds is 3. The maximum atomic E-state index is 13.4. The van der Waals surface area contributed by atoms with Gasteiger partial charge in [-0.3, -0.25) is 4.98 Å². The van der Waals surface area contributed by atoms with Crippen molar-refractivity contribution in [3.05, 3.63) is 59.7 Å². The second-order valence-corrected chi connectivity index (χ2v) is 6.07. The molecule has 1 heterocycles. The molecule has 2 rings (SSSR count). The lowest BCUT2D eigenvalue weighted by molar-refractivity contribution is 0.251. The molecule has 0 atom stereocenters. The van der Waals surface area contributed by atoms with Crippen LogP contribution in [0.25, 0.3) is 0 Å². The highest BCUT2D eigenvalue weighted by atomic mass is 19.1. The van der Waals surface area contributed by atoms with Crippen molar-refractivity contribution in [1.29, 1.82) is 0 Å². The van der Waals surface area contributed by atoms with Gasteiger partial charge in [0.2, 0.25) is 0 Å². The molecule has 4 nitrogen and oxygen atoms in total. The van der Waals surface area contributed by atoms with Crippen molar-refractivity contribution in [1.82, 2.24) is 10.3 Å². The first-order valence-corrected chi connectivity index (χ1v) is 7.11. The summed E-state index contributed by atoms with van der Waals surface area (Å²) in [5, 5.41) is 5.29. The third-order valence-electron chi connectivity index (χ3n) is 3.26. The van der Waals surface area contributed by atoms with Gasteiger partial charge in [-0.05, 0) is 35.2 Å². The molecule has 0 unspecified atom stereocenters. The number of aromatic nitrogens is 1.